The molecule has 1 spiro atoms. The SMILES string of the molecule is CCC1(C)C/C(=N/O)C(C)C(C)(CC)N1O.CCC1(C)CC(=O)C(C)C(C)(CC)N1O.CCC1(C)CC(OC(C)=O)C(C)C(C)(CC)N1O.CCC1(C)CC2(OCC(C)(C)CO2)C(C)C(C)(CC)N1O.CCC1(CC)C(=O)N(C(C)(C)C)CC(C)(C)N1O.CCC1(CC)CN(C(C)(C)C)C(=O)C(CC)(CC)N1O.CCOP(=O)(OCC)C(N(O)C(C)(C)C)C(C)(C)C. The summed E-state index contributed by atoms with van der Waals surface area (Å²) in [5.41, 5.74) is -5.78. The number of oxime groups is 1. The number of nitrogens with zero attached hydrogens (tertiary/aromatic N) is 10. The third-order valence-electron chi connectivity index (χ3n) is 32.1. The van der Waals surface area contributed by atoms with Crippen molar-refractivity contribution in [1.29, 1.82) is 0 Å². The quantitative estimate of drug-likeness (QED) is 0.0229. The predicted octanol–water partition coefficient (Wildman–Crippen LogP) is 22.5. The highest BCUT2D eigenvalue weighted by atomic mass is 31.2. The molecule has 29 heteroatoms. The summed E-state index contributed by atoms with van der Waals surface area (Å²) in [6.45, 7) is 93.1. The Balaban J connectivity index is 0.000000743. The Kier molecular flexibility index (Phi) is 43.6. The zero-order valence-electron chi connectivity index (χ0n) is 89.5. The number of carbonyl (C=O) groups excluding carboxylic acids is 4. The number of ether oxygens (including phenoxy) is 3. The average Bonchev–Trinajstić information content (AvgIpc) is 0.718. The van der Waals surface area contributed by atoms with E-state index in [1.807, 2.05) is 190 Å². The molecular formula is C98H197N10O18P. The first kappa shape index (κ1) is 122. The van der Waals surface area contributed by atoms with Gasteiger partial charge in [0, 0.05) is 114 Å². The molecule has 0 radical (unpaired) electrons. The first-order valence-corrected chi connectivity index (χ1v) is 50.3. The maximum Gasteiger partial charge on any atom is 0.350 e. The Hall–Kier alpha value is -2.94. The van der Waals surface area contributed by atoms with Gasteiger partial charge in [-0.3, -0.25) is 23.7 Å². The van der Waals surface area contributed by atoms with Crippen LogP contribution in [0.3, 0.4) is 0 Å². The number of carbonyl (C=O) groups is 4. The Labute approximate surface area is 774 Å². The smallest absolute Gasteiger partial charge is 0.350 e. The summed E-state index contributed by atoms with van der Waals surface area (Å²) in [7, 11) is -3.43. The van der Waals surface area contributed by atoms with Crippen LogP contribution in [0.2, 0.25) is 0 Å². The molecule has 8 N–H and O–H groups in total. The molecule has 0 bridgehead atoms. The first-order valence-electron chi connectivity index (χ1n) is 48.7. The lowest BCUT2D eigenvalue weighted by molar-refractivity contribution is -0.399. The molecule has 2 amide bonds. The van der Waals surface area contributed by atoms with Gasteiger partial charge in [-0.2, -0.15) is 35.4 Å². The number of hydroxylamine groups is 14. The van der Waals surface area contributed by atoms with Crippen LogP contribution < -0.4 is 0 Å². The molecule has 7 rings (SSSR count). The fourth-order valence-electron chi connectivity index (χ4n) is 20.1. The minimum atomic E-state index is -3.43. The third kappa shape index (κ3) is 25.5. The van der Waals surface area contributed by atoms with Crippen molar-refractivity contribution in [2.45, 2.75) is 528 Å². The van der Waals surface area contributed by atoms with Crippen molar-refractivity contribution >= 4 is 36.9 Å². The largest absolute Gasteiger partial charge is 0.462 e. The van der Waals surface area contributed by atoms with Crippen molar-refractivity contribution in [1.82, 2.24) is 45.2 Å². The zero-order valence-corrected chi connectivity index (χ0v) is 90.4. The zero-order chi connectivity index (χ0) is 100. The van der Waals surface area contributed by atoms with Crippen molar-refractivity contribution in [2.75, 3.05) is 39.5 Å². The van der Waals surface area contributed by atoms with Crippen molar-refractivity contribution in [3.8, 4) is 0 Å². The summed E-state index contributed by atoms with van der Waals surface area (Å²) >= 11 is 0. The number of Topliss-reactive ketones (excluding diaryl/α,β-unsaturated/α-hetero) is 1. The van der Waals surface area contributed by atoms with Crippen LogP contribution in [0, 0.1) is 34.5 Å². The molecule has 0 saturated carbocycles. The van der Waals surface area contributed by atoms with Crippen LogP contribution in [0.5, 0.6) is 0 Å². The van der Waals surface area contributed by atoms with E-state index < -0.39 is 57.8 Å². The molecule has 7 aliphatic heterocycles. The fraction of sp³-hybridized carbons (Fsp3) is 0.949. The number of hydrogen-bond acceptors (Lipinski definition) is 26. The molecule has 0 aromatic heterocycles. The van der Waals surface area contributed by atoms with Crippen LogP contribution in [0.1, 0.15) is 427 Å². The molecule has 7 heterocycles. The van der Waals surface area contributed by atoms with Gasteiger partial charge in [0.15, 0.2) is 5.79 Å². The van der Waals surface area contributed by atoms with E-state index in [0.717, 1.165) is 75.0 Å². The van der Waals surface area contributed by atoms with E-state index in [1.165, 1.54) is 32.2 Å². The number of rotatable bonds is 21. The lowest BCUT2D eigenvalue weighted by Gasteiger charge is -2.63. The predicted molar refractivity (Wildman–Crippen MR) is 509 cm³/mol. The Morgan fingerprint density at radius 1 is 0.488 bits per heavy atom. The fourth-order valence-corrected chi connectivity index (χ4v) is 22.7. The lowest BCUT2D eigenvalue weighted by Crippen LogP contribution is -2.75. The van der Waals surface area contributed by atoms with E-state index in [4.69, 9.17) is 28.5 Å². The van der Waals surface area contributed by atoms with Crippen molar-refractivity contribution in [3.05, 3.63) is 0 Å². The number of amides is 2. The summed E-state index contributed by atoms with van der Waals surface area (Å²) in [6, 6.07) is 0. The Morgan fingerprint density at radius 2 is 0.850 bits per heavy atom. The van der Waals surface area contributed by atoms with Gasteiger partial charge >= 0.3 is 13.6 Å². The first-order chi connectivity index (χ1) is 57.5. The summed E-state index contributed by atoms with van der Waals surface area (Å²) in [5.74, 6) is -0.975. The summed E-state index contributed by atoms with van der Waals surface area (Å²) < 4.78 is 41.9. The van der Waals surface area contributed by atoms with E-state index in [2.05, 4.69) is 116 Å². The molecule has 0 aliphatic carbocycles. The summed E-state index contributed by atoms with van der Waals surface area (Å²) in [4.78, 5) is 52.9. The molecule has 7 aliphatic rings. The Morgan fingerprint density at radius 3 is 1.18 bits per heavy atom. The number of ketones is 1. The third-order valence-corrected chi connectivity index (χ3v) is 34.9. The second kappa shape index (κ2) is 45.4. The van der Waals surface area contributed by atoms with Gasteiger partial charge in [0.2, 0.25) is 11.8 Å². The van der Waals surface area contributed by atoms with E-state index >= 15 is 0 Å². The van der Waals surface area contributed by atoms with Crippen molar-refractivity contribution < 1.29 is 88.7 Å². The van der Waals surface area contributed by atoms with Crippen LogP contribution in [0.25, 0.3) is 0 Å². The van der Waals surface area contributed by atoms with E-state index in [9.17, 15) is 60.2 Å². The van der Waals surface area contributed by atoms with Crippen LogP contribution in [-0.2, 0) is 47.0 Å². The van der Waals surface area contributed by atoms with Gasteiger partial charge in [0.05, 0.1) is 65.4 Å². The topological polar surface area (TPSA) is 335 Å². The molecule has 14 unspecified atom stereocenters. The molecule has 752 valence electrons. The molecule has 28 nitrogen and oxygen atoms in total. The summed E-state index contributed by atoms with van der Waals surface area (Å²) in [5, 5.41) is 96.3. The molecule has 0 aromatic rings. The van der Waals surface area contributed by atoms with Gasteiger partial charge in [-0.15, -0.1) is 0 Å². The highest BCUT2D eigenvalue weighted by Gasteiger charge is 2.65. The van der Waals surface area contributed by atoms with Crippen molar-refractivity contribution in [2.24, 2.45) is 39.7 Å². The normalized spacial score (nSPS) is 33.2. The molecule has 127 heavy (non-hydrogen) atoms. The van der Waals surface area contributed by atoms with Crippen LogP contribution in [0.4, 0.5) is 0 Å². The van der Waals surface area contributed by atoms with Gasteiger partial charge in [-0.05, 0) is 241 Å². The van der Waals surface area contributed by atoms with Gasteiger partial charge < -0.3 is 74.7 Å². The van der Waals surface area contributed by atoms with Gasteiger partial charge in [0.25, 0.3) is 0 Å². The number of piperazine rings is 2. The number of piperidine rings is 4. The number of esters is 1. The van der Waals surface area contributed by atoms with E-state index in [0.29, 0.717) is 77.7 Å². The van der Waals surface area contributed by atoms with Gasteiger partial charge in [-0.1, -0.05) is 164 Å². The monoisotopic (exact) mass is 1830 g/mol. The van der Waals surface area contributed by atoms with Crippen molar-refractivity contribution in [3.63, 3.8) is 0 Å². The molecular weight excluding hydrogens is 1640 g/mol. The molecule has 7 saturated heterocycles. The van der Waals surface area contributed by atoms with E-state index in [-0.39, 0.29) is 122 Å². The highest BCUT2D eigenvalue weighted by Crippen LogP contribution is 2.61. The molecule has 7 fully saturated rings. The summed E-state index contributed by atoms with van der Waals surface area (Å²) in [6.07, 6.45) is 13.1. The average molecular weight is 1830 g/mol. The minimum Gasteiger partial charge on any atom is -0.462 e. The second-order valence-electron chi connectivity index (χ2n) is 45.5. The highest BCUT2D eigenvalue weighted by molar-refractivity contribution is 7.54. The standard InChI is InChI=1S/C17H33NO3.C16H32N2O2.C14H28N2O2.C14H27NO3.C13H30NO4P.C12H24N2O2.C12H23NO2/c1-8-15(6)10-17(20-11-14(4,5)12-21-17)13(3)16(7,9-2)18(15)19;1-8-15(9-2)12-17(14(5,6)7)13(19)16(10-3,11-4)18(15)20;1-8-14(9-2)11(17)15(12(3,4)5)10-13(6,7)16(14)18;1-7-13(5)9-12(18-11(4)16)10(3)14(6,8-2)15(13)17;1-9-17-19(16,18-10-2)11(12(3,4)5)14(15)13(6,7)8;1-6-11(4)8-10(13-15)9(3)12(5,7-2)14(11)16;1-6-11(4)8-10(14)9(3)12(5,7-2)13(11)15/h13,19H,8-12H2,1-7H3;20H,8-12H2,1-7H3;18H,8-10H2,1-7H3;10,12,17H,7-9H2,1-6H3;11,15H,9-10H2,1-8H3;9,15-16H,6-8H2,1-5H3;9,15H,6-8H2,1-5H3/b;;;;;13-10-;. The second-order valence-corrected chi connectivity index (χ2v) is 47.6. The van der Waals surface area contributed by atoms with Crippen LogP contribution in [-0.4, -0.2) is 256 Å². The molecule has 14 atom stereocenters. The Bertz CT molecular complexity index is 3510. The maximum atomic E-state index is 13.0. The van der Waals surface area contributed by atoms with Gasteiger partial charge in [-0.25, -0.2) is 0 Å². The van der Waals surface area contributed by atoms with E-state index in [1.54, 1.807) is 18.9 Å². The molecule has 0 aromatic carbocycles. The van der Waals surface area contributed by atoms with Crippen LogP contribution >= 0.6 is 7.60 Å². The number of hydrogen-bond donors (Lipinski definition) is 8. The maximum absolute atomic E-state index is 13.0. The lowest BCUT2D eigenvalue weighted by atomic mass is 9.67. The van der Waals surface area contributed by atoms with Crippen LogP contribution in [0.15, 0.2) is 5.16 Å². The minimum absolute atomic E-state index is 0.0434. The van der Waals surface area contributed by atoms with Gasteiger partial charge in [0.1, 0.15) is 28.7 Å².